The van der Waals surface area contributed by atoms with Gasteiger partial charge in [0.15, 0.2) is 0 Å². The van der Waals surface area contributed by atoms with Crippen LogP contribution in [0.5, 0.6) is 0 Å². The van der Waals surface area contributed by atoms with Crippen LogP contribution >= 0.6 is 0 Å². The molecule has 0 aromatic heterocycles. The van der Waals surface area contributed by atoms with Crippen LogP contribution in [0.3, 0.4) is 0 Å². The Hall–Kier alpha value is -0.400. The second kappa shape index (κ2) is 13.8. The summed E-state index contributed by atoms with van der Waals surface area (Å²) in [6, 6.07) is 0. The lowest BCUT2D eigenvalue weighted by atomic mass is 9.70. The molecule has 0 aliphatic heterocycles. The summed E-state index contributed by atoms with van der Waals surface area (Å²) >= 11 is 0. The molecule has 10 N–H and O–H groups in total. The van der Waals surface area contributed by atoms with Gasteiger partial charge < -0.3 is 51.1 Å². The first-order valence-electron chi connectivity index (χ1n) is 9.68. The number of rotatable bonds is 17. The molecular formula is C18H38O10. The minimum absolute atomic E-state index is 0.0599. The zero-order valence-corrected chi connectivity index (χ0v) is 16.3. The molecule has 0 aromatic rings. The molecule has 170 valence electrons. The normalized spacial score (nSPS) is 20.8. The Balaban J connectivity index is 5.58. The van der Waals surface area contributed by atoms with Crippen molar-refractivity contribution in [1.82, 2.24) is 0 Å². The quantitative estimate of drug-likeness (QED) is 0.117. The van der Waals surface area contributed by atoms with Gasteiger partial charge in [-0.25, -0.2) is 0 Å². The van der Waals surface area contributed by atoms with Crippen LogP contribution < -0.4 is 0 Å². The largest absolute Gasteiger partial charge is 0.394 e. The molecule has 0 bridgehead atoms. The second-order valence-corrected chi connectivity index (χ2v) is 7.56. The summed E-state index contributed by atoms with van der Waals surface area (Å²) in [5, 5.41) is 97.2. The third-order valence-electron chi connectivity index (χ3n) is 5.27. The summed E-state index contributed by atoms with van der Waals surface area (Å²) < 4.78 is 0. The molecule has 0 amide bonds. The van der Waals surface area contributed by atoms with E-state index < -0.39 is 62.0 Å². The molecule has 0 aliphatic rings. The topological polar surface area (TPSA) is 202 Å². The fourth-order valence-electron chi connectivity index (χ4n) is 3.17. The van der Waals surface area contributed by atoms with Crippen molar-refractivity contribution < 1.29 is 51.1 Å². The number of hydrogen-bond acceptors (Lipinski definition) is 10. The first-order chi connectivity index (χ1) is 13.1. The molecule has 0 aromatic carbocycles. The zero-order chi connectivity index (χ0) is 21.8. The van der Waals surface area contributed by atoms with E-state index in [-0.39, 0.29) is 51.4 Å². The van der Waals surface area contributed by atoms with Gasteiger partial charge in [-0.1, -0.05) is 0 Å². The zero-order valence-electron chi connectivity index (χ0n) is 16.3. The van der Waals surface area contributed by atoms with Crippen molar-refractivity contribution in [2.75, 3.05) is 26.4 Å². The maximum absolute atomic E-state index is 11.3. The van der Waals surface area contributed by atoms with E-state index in [0.29, 0.717) is 0 Å². The van der Waals surface area contributed by atoms with Crippen molar-refractivity contribution in [3.63, 3.8) is 0 Å². The Morgan fingerprint density at radius 3 is 0.750 bits per heavy atom. The van der Waals surface area contributed by atoms with E-state index in [1.807, 2.05) is 0 Å². The van der Waals surface area contributed by atoms with Gasteiger partial charge >= 0.3 is 0 Å². The van der Waals surface area contributed by atoms with E-state index in [1.54, 1.807) is 0 Å². The highest BCUT2D eigenvalue weighted by Crippen LogP contribution is 2.40. The minimum atomic E-state index is -1.89. The summed E-state index contributed by atoms with van der Waals surface area (Å²) in [5.41, 5.74) is -3.77. The van der Waals surface area contributed by atoms with Gasteiger partial charge in [0.25, 0.3) is 0 Å². The highest BCUT2D eigenvalue weighted by Gasteiger charge is 2.48. The highest BCUT2D eigenvalue weighted by atomic mass is 16.4. The summed E-state index contributed by atoms with van der Waals surface area (Å²) in [6.45, 7) is -2.17. The molecule has 0 heterocycles. The smallest absolute Gasteiger partial charge is 0.0935 e. The molecule has 0 spiro atoms. The van der Waals surface area contributed by atoms with Crippen LogP contribution in [0.15, 0.2) is 0 Å². The van der Waals surface area contributed by atoms with Gasteiger partial charge in [-0.3, -0.25) is 0 Å². The molecule has 4 atom stereocenters. The van der Waals surface area contributed by atoms with Gasteiger partial charge in [0.2, 0.25) is 0 Å². The van der Waals surface area contributed by atoms with Crippen LogP contribution in [0.2, 0.25) is 0 Å². The van der Waals surface area contributed by atoms with Crippen molar-refractivity contribution in [2.24, 2.45) is 0 Å². The van der Waals surface area contributed by atoms with Gasteiger partial charge in [-0.15, -0.1) is 0 Å². The molecule has 0 saturated heterocycles. The first kappa shape index (κ1) is 27.6. The predicted molar refractivity (Wildman–Crippen MR) is 99.2 cm³/mol. The number of aliphatic hydroxyl groups excluding tert-OH is 8. The molecule has 0 radical (unpaired) electrons. The van der Waals surface area contributed by atoms with Crippen LogP contribution in [-0.4, -0.2) is 113 Å². The predicted octanol–water partition coefficient (Wildman–Crippen LogP) is -3.02. The van der Waals surface area contributed by atoms with Crippen LogP contribution in [0.1, 0.15) is 51.4 Å². The van der Waals surface area contributed by atoms with Crippen LogP contribution in [0, 0.1) is 0 Å². The summed E-state index contributed by atoms with van der Waals surface area (Å²) in [4.78, 5) is 0. The van der Waals surface area contributed by atoms with Gasteiger partial charge in [0.1, 0.15) is 0 Å². The van der Waals surface area contributed by atoms with Crippen molar-refractivity contribution >= 4 is 0 Å². The van der Waals surface area contributed by atoms with Crippen molar-refractivity contribution in [3.8, 4) is 0 Å². The maximum Gasteiger partial charge on any atom is 0.0935 e. The third-order valence-corrected chi connectivity index (χ3v) is 5.27. The Labute approximate surface area is 165 Å². The lowest BCUT2D eigenvalue weighted by molar-refractivity contribution is -0.181. The average molecular weight is 414 g/mol. The fraction of sp³-hybridized carbons (Fsp3) is 1.00. The molecule has 10 nitrogen and oxygen atoms in total. The molecule has 0 fully saturated rings. The molecule has 28 heavy (non-hydrogen) atoms. The van der Waals surface area contributed by atoms with Gasteiger partial charge in [-0.05, 0) is 51.4 Å². The first-order valence-corrected chi connectivity index (χ1v) is 9.68. The Morgan fingerprint density at radius 2 is 0.607 bits per heavy atom. The molecular weight excluding hydrogens is 376 g/mol. The van der Waals surface area contributed by atoms with E-state index in [0.717, 1.165) is 0 Å². The minimum Gasteiger partial charge on any atom is -0.394 e. The fourth-order valence-corrected chi connectivity index (χ4v) is 3.17. The van der Waals surface area contributed by atoms with Crippen molar-refractivity contribution in [3.05, 3.63) is 0 Å². The molecule has 4 unspecified atom stereocenters. The van der Waals surface area contributed by atoms with E-state index in [4.69, 9.17) is 20.4 Å². The molecule has 0 rings (SSSR count). The van der Waals surface area contributed by atoms with E-state index in [1.165, 1.54) is 0 Å². The van der Waals surface area contributed by atoms with E-state index >= 15 is 0 Å². The molecule has 0 aliphatic carbocycles. The van der Waals surface area contributed by atoms with Gasteiger partial charge in [-0.2, -0.15) is 0 Å². The lowest BCUT2D eigenvalue weighted by Crippen LogP contribution is -2.56. The summed E-state index contributed by atoms with van der Waals surface area (Å²) in [5.74, 6) is 0. The maximum atomic E-state index is 11.3. The van der Waals surface area contributed by atoms with Crippen molar-refractivity contribution in [2.45, 2.75) is 87.0 Å². The monoisotopic (exact) mass is 414 g/mol. The molecule has 0 saturated carbocycles. The highest BCUT2D eigenvalue weighted by molar-refractivity contribution is 5.01. The number of aliphatic hydroxyl groups is 10. The Kier molecular flexibility index (Phi) is 13.6. The Morgan fingerprint density at radius 1 is 0.429 bits per heavy atom. The molecule has 10 heteroatoms. The summed E-state index contributed by atoms with van der Waals surface area (Å²) in [7, 11) is 0. The Bertz CT molecular complexity index is 331. The van der Waals surface area contributed by atoms with E-state index in [2.05, 4.69) is 0 Å². The SMILES string of the molecule is OCC(O)CCC(O)(CCC(O)CO)C(O)(CCC(O)CO)CCC(O)CO. The standard InChI is InChI=1S/C18H38O10/c19-9-13(23)1-5-17(27,6-2-14(24)10-20)18(28,7-3-15(25)11-21)8-4-16(26)12-22/h13-16,19-28H,1-12H2. The average Bonchev–Trinajstić information content (AvgIpc) is 2.71. The van der Waals surface area contributed by atoms with Crippen LogP contribution in [-0.2, 0) is 0 Å². The van der Waals surface area contributed by atoms with Crippen LogP contribution in [0.25, 0.3) is 0 Å². The van der Waals surface area contributed by atoms with Crippen LogP contribution in [0.4, 0.5) is 0 Å². The third kappa shape index (κ3) is 9.40. The second-order valence-electron chi connectivity index (χ2n) is 7.56. The lowest BCUT2D eigenvalue weighted by Gasteiger charge is -2.45. The van der Waals surface area contributed by atoms with Gasteiger partial charge in [0, 0.05) is 0 Å². The summed E-state index contributed by atoms with van der Waals surface area (Å²) in [6.07, 6.45) is -5.41. The number of hydrogen-bond donors (Lipinski definition) is 10. The van der Waals surface area contributed by atoms with E-state index in [9.17, 15) is 30.6 Å². The van der Waals surface area contributed by atoms with Crippen molar-refractivity contribution in [1.29, 1.82) is 0 Å². The van der Waals surface area contributed by atoms with Gasteiger partial charge in [0.05, 0.1) is 62.0 Å².